The molecule has 0 amide bonds. The molecule has 1 aromatic rings. The van der Waals surface area contributed by atoms with Gasteiger partial charge in [-0.2, -0.15) is 5.26 Å². The molecule has 0 saturated carbocycles. The molecule has 1 N–H and O–H groups in total. The molecule has 0 saturated heterocycles. The Morgan fingerprint density at radius 2 is 2.44 bits per heavy atom. The van der Waals surface area contributed by atoms with Crippen molar-refractivity contribution in [2.45, 2.75) is 25.8 Å². The first-order valence-electron chi connectivity index (χ1n) is 5.37. The van der Waals surface area contributed by atoms with Crippen LogP contribution in [0.15, 0.2) is 18.5 Å². The monoisotopic (exact) mass is 219 g/mol. The van der Waals surface area contributed by atoms with Crippen LogP contribution in [0.2, 0.25) is 0 Å². The Hall–Kier alpha value is -1.60. The second-order valence-electron chi connectivity index (χ2n) is 3.56. The van der Waals surface area contributed by atoms with Crippen LogP contribution in [0.5, 0.6) is 5.75 Å². The summed E-state index contributed by atoms with van der Waals surface area (Å²) in [6.07, 6.45) is 4.93. The summed E-state index contributed by atoms with van der Waals surface area (Å²) in [4.78, 5) is 4.01. The number of nitrogens with zero attached hydrogens (tertiary/aromatic N) is 2. The van der Waals surface area contributed by atoms with Gasteiger partial charge in [-0.25, -0.2) is 0 Å². The molecule has 0 bridgehead atoms. The molecule has 1 unspecified atom stereocenters. The maximum absolute atomic E-state index is 8.42. The maximum atomic E-state index is 8.42. The summed E-state index contributed by atoms with van der Waals surface area (Å²) < 4.78 is 5.24. The maximum Gasteiger partial charge on any atom is 0.141 e. The molecule has 1 heterocycles. The quantitative estimate of drug-likeness (QED) is 0.744. The van der Waals surface area contributed by atoms with Gasteiger partial charge in [0.15, 0.2) is 0 Å². The number of hydrogen-bond acceptors (Lipinski definition) is 4. The lowest BCUT2D eigenvalue weighted by molar-refractivity contribution is 0.399. The van der Waals surface area contributed by atoms with Gasteiger partial charge >= 0.3 is 0 Å². The molecule has 16 heavy (non-hydrogen) atoms. The fourth-order valence-corrected chi connectivity index (χ4v) is 1.51. The molecule has 0 aromatic carbocycles. The molecule has 4 heteroatoms. The Morgan fingerprint density at radius 1 is 1.62 bits per heavy atom. The molecular formula is C12H17N3O. The van der Waals surface area contributed by atoms with Crippen LogP contribution in [0.1, 0.15) is 31.4 Å². The van der Waals surface area contributed by atoms with Gasteiger partial charge in [0.05, 0.1) is 19.4 Å². The van der Waals surface area contributed by atoms with Crippen LogP contribution in [0.3, 0.4) is 0 Å². The van der Waals surface area contributed by atoms with Gasteiger partial charge in [0.2, 0.25) is 0 Å². The molecule has 1 rings (SSSR count). The first kappa shape index (κ1) is 12.5. The molecule has 0 aliphatic rings. The van der Waals surface area contributed by atoms with E-state index in [2.05, 4.69) is 23.3 Å². The lowest BCUT2D eigenvalue weighted by Crippen LogP contribution is -2.20. The van der Waals surface area contributed by atoms with Crippen molar-refractivity contribution < 1.29 is 4.74 Å². The van der Waals surface area contributed by atoms with Gasteiger partial charge in [0, 0.05) is 24.2 Å². The Morgan fingerprint density at radius 3 is 3.12 bits per heavy atom. The number of hydrogen-bond donors (Lipinski definition) is 1. The van der Waals surface area contributed by atoms with Crippen LogP contribution in [0.25, 0.3) is 0 Å². The van der Waals surface area contributed by atoms with E-state index in [9.17, 15) is 0 Å². The summed E-state index contributed by atoms with van der Waals surface area (Å²) in [6, 6.07) is 4.28. The molecule has 0 radical (unpaired) electrons. The van der Waals surface area contributed by atoms with E-state index in [-0.39, 0.29) is 6.04 Å². The molecule has 0 spiro atoms. The fourth-order valence-electron chi connectivity index (χ4n) is 1.51. The highest BCUT2D eigenvalue weighted by atomic mass is 16.5. The van der Waals surface area contributed by atoms with Crippen LogP contribution in [0, 0.1) is 11.3 Å². The molecular weight excluding hydrogens is 202 g/mol. The third-order valence-electron chi connectivity index (χ3n) is 2.42. The minimum Gasteiger partial charge on any atom is -0.495 e. The van der Waals surface area contributed by atoms with Crippen LogP contribution in [-0.4, -0.2) is 18.6 Å². The summed E-state index contributed by atoms with van der Waals surface area (Å²) >= 11 is 0. The topological polar surface area (TPSA) is 57.9 Å². The zero-order chi connectivity index (χ0) is 11.8. The second kappa shape index (κ2) is 6.81. The summed E-state index contributed by atoms with van der Waals surface area (Å²) in [6.45, 7) is 2.91. The Balaban J connectivity index is 2.52. The lowest BCUT2D eigenvalue weighted by atomic mass is 10.1. The van der Waals surface area contributed by atoms with Crippen molar-refractivity contribution in [3.8, 4) is 11.8 Å². The van der Waals surface area contributed by atoms with E-state index in [0.717, 1.165) is 24.3 Å². The number of methoxy groups -OCH3 is 1. The Bertz CT molecular complexity index is 360. The predicted octanol–water partition coefficient (Wildman–Crippen LogP) is 2.04. The fraction of sp³-hybridized carbons (Fsp3) is 0.500. The summed E-state index contributed by atoms with van der Waals surface area (Å²) in [5.74, 6) is 0.794. The zero-order valence-electron chi connectivity index (χ0n) is 9.73. The largest absolute Gasteiger partial charge is 0.495 e. The van der Waals surface area contributed by atoms with E-state index < -0.39 is 0 Å². The Labute approximate surface area is 96.3 Å². The van der Waals surface area contributed by atoms with Crippen molar-refractivity contribution in [1.82, 2.24) is 10.3 Å². The summed E-state index contributed by atoms with van der Waals surface area (Å²) in [7, 11) is 1.64. The van der Waals surface area contributed by atoms with E-state index in [1.54, 1.807) is 19.5 Å². The van der Waals surface area contributed by atoms with E-state index in [0.29, 0.717) is 6.42 Å². The van der Waals surface area contributed by atoms with Gasteiger partial charge in [-0.1, -0.05) is 0 Å². The number of unbranched alkanes of at least 4 members (excludes halogenated alkanes) is 1. The summed E-state index contributed by atoms with van der Waals surface area (Å²) in [5.41, 5.74) is 1.09. The molecule has 86 valence electrons. The van der Waals surface area contributed by atoms with E-state index in [1.165, 1.54) is 0 Å². The minimum atomic E-state index is 0.205. The van der Waals surface area contributed by atoms with Gasteiger partial charge in [-0.3, -0.25) is 4.98 Å². The van der Waals surface area contributed by atoms with Gasteiger partial charge in [0.1, 0.15) is 5.75 Å². The Kier molecular flexibility index (Phi) is 5.30. The minimum absolute atomic E-state index is 0.205. The van der Waals surface area contributed by atoms with Gasteiger partial charge < -0.3 is 10.1 Å². The van der Waals surface area contributed by atoms with Crippen molar-refractivity contribution in [1.29, 1.82) is 5.26 Å². The van der Waals surface area contributed by atoms with E-state index >= 15 is 0 Å². The zero-order valence-corrected chi connectivity index (χ0v) is 9.73. The normalized spacial score (nSPS) is 11.8. The highest BCUT2D eigenvalue weighted by Gasteiger charge is 2.09. The van der Waals surface area contributed by atoms with Crippen LogP contribution >= 0.6 is 0 Å². The average molecular weight is 219 g/mol. The highest BCUT2D eigenvalue weighted by molar-refractivity contribution is 5.32. The van der Waals surface area contributed by atoms with Crippen molar-refractivity contribution in [2.75, 3.05) is 13.7 Å². The summed E-state index contributed by atoms with van der Waals surface area (Å²) in [5, 5.41) is 11.8. The molecule has 4 nitrogen and oxygen atoms in total. The van der Waals surface area contributed by atoms with Crippen molar-refractivity contribution in [2.24, 2.45) is 0 Å². The second-order valence-corrected chi connectivity index (χ2v) is 3.56. The average Bonchev–Trinajstić information content (AvgIpc) is 2.34. The van der Waals surface area contributed by atoms with Crippen LogP contribution in [0.4, 0.5) is 0 Å². The molecule has 0 aliphatic heterocycles. The first-order valence-corrected chi connectivity index (χ1v) is 5.37. The SMILES string of the molecule is COc1cnccc1C(C)NCCCC#N. The van der Waals surface area contributed by atoms with E-state index in [4.69, 9.17) is 10.00 Å². The van der Waals surface area contributed by atoms with Crippen LogP contribution < -0.4 is 10.1 Å². The number of ether oxygens (including phenoxy) is 1. The van der Waals surface area contributed by atoms with E-state index in [1.807, 2.05) is 6.07 Å². The molecule has 1 atom stereocenters. The number of aromatic nitrogens is 1. The predicted molar refractivity (Wildman–Crippen MR) is 62.1 cm³/mol. The lowest BCUT2D eigenvalue weighted by Gasteiger charge is -2.16. The van der Waals surface area contributed by atoms with Gasteiger partial charge in [-0.05, 0) is 26.0 Å². The smallest absolute Gasteiger partial charge is 0.141 e. The number of pyridine rings is 1. The highest BCUT2D eigenvalue weighted by Crippen LogP contribution is 2.22. The van der Waals surface area contributed by atoms with Crippen molar-refractivity contribution >= 4 is 0 Å². The molecule has 0 fully saturated rings. The van der Waals surface area contributed by atoms with Crippen LogP contribution in [-0.2, 0) is 0 Å². The number of nitrogens with one attached hydrogen (secondary N) is 1. The first-order chi connectivity index (χ1) is 7.79. The number of rotatable bonds is 6. The van der Waals surface area contributed by atoms with Crippen molar-refractivity contribution in [3.63, 3.8) is 0 Å². The van der Waals surface area contributed by atoms with Gasteiger partial charge in [0.25, 0.3) is 0 Å². The number of nitriles is 1. The standard InChI is InChI=1S/C12H17N3O/c1-10(15-7-4-3-6-13)11-5-8-14-9-12(11)16-2/h5,8-10,15H,3-4,7H2,1-2H3. The molecule has 1 aromatic heterocycles. The molecule has 0 aliphatic carbocycles. The third-order valence-corrected chi connectivity index (χ3v) is 2.42. The van der Waals surface area contributed by atoms with Crippen molar-refractivity contribution in [3.05, 3.63) is 24.0 Å². The van der Waals surface area contributed by atoms with Gasteiger partial charge in [-0.15, -0.1) is 0 Å². The third kappa shape index (κ3) is 3.52.